The van der Waals surface area contributed by atoms with E-state index in [1.54, 1.807) is 6.92 Å². The van der Waals surface area contributed by atoms with Crippen molar-refractivity contribution in [2.75, 3.05) is 0 Å². The fourth-order valence-electron chi connectivity index (χ4n) is 3.69. The number of nitrogens with one attached hydrogen (secondary N) is 2. The van der Waals surface area contributed by atoms with Gasteiger partial charge in [-0.15, -0.1) is 0 Å². The van der Waals surface area contributed by atoms with Crippen LogP contribution in [0.3, 0.4) is 0 Å². The summed E-state index contributed by atoms with van der Waals surface area (Å²) in [6.45, 7) is 5.31. The first-order valence-electron chi connectivity index (χ1n) is 8.18. The molecule has 0 radical (unpaired) electrons. The number of hydrogen-bond acceptors (Lipinski definition) is 3. The lowest BCUT2D eigenvalue weighted by molar-refractivity contribution is -0.155. The minimum atomic E-state index is -0.937. The van der Waals surface area contributed by atoms with Crippen LogP contribution in [0, 0.1) is 22.7 Å². The smallest absolute Gasteiger partial charge is 0.309 e. The topological polar surface area (TPSA) is 95.5 Å². The van der Waals surface area contributed by atoms with E-state index in [0.717, 1.165) is 12.8 Å². The Hall–Kier alpha value is -1.85. The third kappa shape index (κ3) is 3.12. The minimum Gasteiger partial charge on any atom is -0.481 e. The van der Waals surface area contributed by atoms with Crippen LogP contribution in [0.1, 0.15) is 52.9 Å². The zero-order chi connectivity index (χ0) is 17.3. The quantitative estimate of drug-likeness (QED) is 0.547. The van der Waals surface area contributed by atoms with E-state index in [0.29, 0.717) is 19.3 Å². The molecule has 0 spiro atoms. The molecule has 23 heavy (non-hydrogen) atoms. The number of hydrogen-bond donors (Lipinski definition) is 3. The lowest BCUT2D eigenvalue weighted by Gasteiger charge is -2.37. The molecule has 128 valence electrons. The summed E-state index contributed by atoms with van der Waals surface area (Å²) in [6, 6.07) is 0. The van der Waals surface area contributed by atoms with E-state index in [4.69, 9.17) is 0 Å². The van der Waals surface area contributed by atoms with Crippen LogP contribution in [0.2, 0.25) is 0 Å². The first-order chi connectivity index (χ1) is 10.7. The molecule has 1 fully saturated rings. The molecule has 2 rings (SSSR count). The molecule has 0 saturated heterocycles. The Morgan fingerprint density at radius 1 is 1.04 bits per heavy atom. The molecule has 3 atom stereocenters. The van der Waals surface area contributed by atoms with Crippen molar-refractivity contribution in [3.63, 3.8) is 0 Å². The first-order valence-corrected chi connectivity index (χ1v) is 8.18. The maximum absolute atomic E-state index is 12.4. The number of allylic oxidation sites excluding steroid dienone is 2. The molecule has 2 aliphatic carbocycles. The van der Waals surface area contributed by atoms with Gasteiger partial charge in [-0.1, -0.05) is 26.0 Å². The van der Waals surface area contributed by atoms with Gasteiger partial charge in [-0.05, 0) is 44.4 Å². The van der Waals surface area contributed by atoms with Crippen molar-refractivity contribution in [3.8, 4) is 0 Å². The van der Waals surface area contributed by atoms with Gasteiger partial charge in [-0.2, -0.15) is 0 Å². The van der Waals surface area contributed by atoms with E-state index in [1.165, 1.54) is 0 Å². The third-order valence-electron chi connectivity index (χ3n) is 5.96. The summed E-state index contributed by atoms with van der Waals surface area (Å²) < 4.78 is 0. The Balaban J connectivity index is 1.95. The largest absolute Gasteiger partial charge is 0.481 e. The number of carbonyl (C=O) groups excluding carboxylic acids is 2. The van der Waals surface area contributed by atoms with Gasteiger partial charge in [0.2, 0.25) is 11.8 Å². The Bertz CT molecular complexity index is 541. The normalized spacial score (nSPS) is 32.3. The van der Waals surface area contributed by atoms with Gasteiger partial charge in [0.15, 0.2) is 0 Å². The lowest BCUT2D eigenvalue weighted by atomic mass is 9.65. The van der Waals surface area contributed by atoms with Crippen LogP contribution in [0.4, 0.5) is 0 Å². The number of carbonyl (C=O) groups is 3. The van der Waals surface area contributed by atoms with Crippen molar-refractivity contribution in [2.45, 2.75) is 52.9 Å². The van der Waals surface area contributed by atoms with Gasteiger partial charge in [-0.3, -0.25) is 25.2 Å². The van der Waals surface area contributed by atoms with E-state index in [2.05, 4.69) is 16.9 Å². The van der Waals surface area contributed by atoms with Crippen molar-refractivity contribution in [1.82, 2.24) is 10.9 Å². The van der Waals surface area contributed by atoms with Crippen molar-refractivity contribution >= 4 is 17.8 Å². The fourth-order valence-corrected chi connectivity index (χ4v) is 3.69. The molecular weight excluding hydrogens is 296 g/mol. The molecule has 1 saturated carbocycles. The van der Waals surface area contributed by atoms with E-state index >= 15 is 0 Å². The second kappa shape index (κ2) is 6.34. The van der Waals surface area contributed by atoms with E-state index in [1.807, 2.05) is 19.9 Å². The summed E-state index contributed by atoms with van der Waals surface area (Å²) in [6.07, 6.45) is 7.33. The number of rotatable bonds is 3. The highest BCUT2D eigenvalue weighted by Gasteiger charge is 2.58. The Morgan fingerprint density at radius 3 is 2.22 bits per heavy atom. The van der Waals surface area contributed by atoms with Crippen LogP contribution >= 0.6 is 0 Å². The van der Waals surface area contributed by atoms with Crippen molar-refractivity contribution < 1.29 is 19.5 Å². The number of carboxylic acid groups (broad SMARTS) is 1. The molecule has 0 aromatic heterocycles. The van der Waals surface area contributed by atoms with Crippen LogP contribution in [0.25, 0.3) is 0 Å². The fraction of sp³-hybridized carbons (Fsp3) is 0.706. The molecule has 3 N–H and O–H groups in total. The van der Waals surface area contributed by atoms with Gasteiger partial charge >= 0.3 is 5.97 Å². The highest BCUT2D eigenvalue weighted by Crippen LogP contribution is 2.56. The lowest BCUT2D eigenvalue weighted by Crippen LogP contribution is -2.51. The maximum Gasteiger partial charge on any atom is 0.309 e. The van der Waals surface area contributed by atoms with E-state index in [-0.39, 0.29) is 17.7 Å². The molecular formula is C17H26N2O4. The number of amides is 2. The van der Waals surface area contributed by atoms with Gasteiger partial charge in [0.25, 0.3) is 0 Å². The van der Waals surface area contributed by atoms with Gasteiger partial charge in [0.1, 0.15) is 0 Å². The first kappa shape index (κ1) is 17.5. The predicted molar refractivity (Wildman–Crippen MR) is 85.0 cm³/mol. The average Bonchev–Trinajstić information content (AvgIpc) is 2.77. The standard InChI is InChI=1S/C17H26N2O4/c1-16(2)12(9-10-17(16,3)15(22)23)14(21)19-18-13(20)11-7-5-4-6-8-11/h4-5,11-12H,6-10H2,1-3H3,(H,18,20)(H,19,21)(H,22,23). The summed E-state index contributed by atoms with van der Waals surface area (Å²) >= 11 is 0. The number of hydrazine groups is 1. The summed E-state index contributed by atoms with van der Waals surface area (Å²) in [5.74, 6) is -1.91. The summed E-state index contributed by atoms with van der Waals surface area (Å²) in [5.41, 5.74) is 3.39. The molecule has 0 heterocycles. The Morgan fingerprint density at radius 2 is 1.70 bits per heavy atom. The van der Waals surface area contributed by atoms with Crippen molar-refractivity contribution in [1.29, 1.82) is 0 Å². The SMILES string of the molecule is CC1(C(=O)O)CCC(C(=O)NNC(=O)C2CC=CCC2)C1(C)C. The number of aliphatic carboxylic acids is 1. The average molecular weight is 322 g/mol. The van der Waals surface area contributed by atoms with Gasteiger partial charge in [-0.25, -0.2) is 0 Å². The monoisotopic (exact) mass is 322 g/mol. The van der Waals surface area contributed by atoms with Crippen LogP contribution in [0.5, 0.6) is 0 Å². The molecule has 0 aromatic carbocycles. The molecule has 6 heteroatoms. The molecule has 0 aliphatic heterocycles. The van der Waals surface area contributed by atoms with Gasteiger partial charge in [0, 0.05) is 11.8 Å². The van der Waals surface area contributed by atoms with E-state index in [9.17, 15) is 19.5 Å². The highest BCUT2D eigenvalue weighted by atomic mass is 16.4. The van der Waals surface area contributed by atoms with Crippen molar-refractivity contribution in [2.24, 2.45) is 22.7 Å². The summed E-state index contributed by atoms with van der Waals surface area (Å²) in [5, 5.41) is 9.49. The predicted octanol–water partition coefficient (Wildman–Crippen LogP) is 2.02. The maximum atomic E-state index is 12.4. The van der Waals surface area contributed by atoms with Crippen LogP contribution in [0.15, 0.2) is 12.2 Å². The van der Waals surface area contributed by atoms with Crippen LogP contribution in [-0.4, -0.2) is 22.9 Å². The minimum absolute atomic E-state index is 0.110. The molecule has 0 aromatic rings. The second-order valence-electron chi connectivity index (χ2n) is 7.41. The molecule has 6 nitrogen and oxygen atoms in total. The molecule has 3 unspecified atom stereocenters. The zero-order valence-corrected chi connectivity index (χ0v) is 14.0. The van der Waals surface area contributed by atoms with Crippen molar-refractivity contribution in [3.05, 3.63) is 12.2 Å². The van der Waals surface area contributed by atoms with Gasteiger partial charge in [0.05, 0.1) is 5.41 Å². The Kier molecular flexibility index (Phi) is 4.82. The number of carboxylic acids is 1. The molecule has 0 bridgehead atoms. The highest BCUT2D eigenvalue weighted by molar-refractivity contribution is 5.86. The third-order valence-corrected chi connectivity index (χ3v) is 5.96. The Labute approximate surface area is 136 Å². The molecule has 2 aliphatic rings. The molecule has 2 amide bonds. The zero-order valence-electron chi connectivity index (χ0n) is 14.0. The second-order valence-corrected chi connectivity index (χ2v) is 7.41. The van der Waals surface area contributed by atoms with Crippen LogP contribution < -0.4 is 10.9 Å². The van der Waals surface area contributed by atoms with Crippen LogP contribution in [-0.2, 0) is 14.4 Å². The van der Waals surface area contributed by atoms with Gasteiger partial charge < -0.3 is 5.11 Å². The van der Waals surface area contributed by atoms with E-state index < -0.39 is 22.7 Å². The summed E-state index contributed by atoms with van der Waals surface area (Å²) in [7, 11) is 0. The summed E-state index contributed by atoms with van der Waals surface area (Å²) in [4.78, 5) is 36.1.